The van der Waals surface area contributed by atoms with Gasteiger partial charge in [0.25, 0.3) is 0 Å². The molecule has 0 aliphatic rings. The molecule has 0 spiro atoms. The Bertz CT molecular complexity index is 1340. The molecule has 2 aromatic heterocycles. The van der Waals surface area contributed by atoms with Crippen LogP contribution in [0.4, 0.5) is 8.78 Å². The van der Waals surface area contributed by atoms with E-state index < -0.39 is 17.0 Å². The van der Waals surface area contributed by atoms with Crippen molar-refractivity contribution in [3.05, 3.63) is 107 Å². The summed E-state index contributed by atoms with van der Waals surface area (Å²) >= 11 is 0. The molecule has 7 heteroatoms. The standard InChI is InChI=1S/C26H17F2N3O.Pt/c1-26(2,23-9-4-8-22(30-23)20-13-12-18(27)15-21(20)28)24-10-5-11-25(31-24)32-19-7-3-6-17(14-19)16-29;/h3-6,8-12,14-15H,1-2H3;/q-2;+2. The second-order valence-corrected chi connectivity index (χ2v) is 7.59. The average Bonchev–Trinajstić information content (AvgIpc) is 2.79. The minimum absolute atomic E-state index is 0. The maximum absolute atomic E-state index is 14.2. The van der Waals surface area contributed by atoms with Crippen LogP contribution in [0.3, 0.4) is 0 Å². The number of hydrogen-bond acceptors (Lipinski definition) is 4. The Labute approximate surface area is 205 Å². The Morgan fingerprint density at radius 1 is 0.970 bits per heavy atom. The van der Waals surface area contributed by atoms with Gasteiger partial charge in [0.15, 0.2) is 0 Å². The van der Waals surface area contributed by atoms with Crippen molar-refractivity contribution in [1.82, 2.24) is 9.97 Å². The molecule has 0 unspecified atom stereocenters. The van der Waals surface area contributed by atoms with Crippen LogP contribution in [0.15, 0.2) is 66.7 Å². The summed E-state index contributed by atoms with van der Waals surface area (Å²) in [5.74, 6) is -0.692. The zero-order chi connectivity index (χ0) is 22.7. The molecule has 0 radical (unpaired) electrons. The molecule has 166 valence electrons. The van der Waals surface area contributed by atoms with Gasteiger partial charge in [-0.1, -0.05) is 35.4 Å². The summed E-state index contributed by atoms with van der Waals surface area (Å²) in [5, 5.41) is 9.05. The van der Waals surface area contributed by atoms with E-state index in [2.05, 4.69) is 28.2 Å². The molecule has 2 heterocycles. The van der Waals surface area contributed by atoms with Gasteiger partial charge in [-0.25, -0.2) is 4.98 Å². The van der Waals surface area contributed by atoms with Crippen molar-refractivity contribution < 1.29 is 34.6 Å². The monoisotopic (exact) mass is 620 g/mol. The normalized spacial score (nSPS) is 10.8. The minimum atomic E-state index is -0.725. The van der Waals surface area contributed by atoms with E-state index in [-0.39, 0.29) is 26.6 Å². The summed E-state index contributed by atoms with van der Waals surface area (Å²) in [5.41, 5.74) is 1.59. The maximum atomic E-state index is 14.2. The summed E-state index contributed by atoms with van der Waals surface area (Å²) in [6.07, 6.45) is 0. The Morgan fingerprint density at radius 3 is 2.42 bits per heavy atom. The fraction of sp³-hybridized carbons (Fsp3) is 0.115. The quantitative estimate of drug-likeness (QED) is 0.257. The smallest absolute Gasteiger partial charge is 0.466 e. The predicted octanol–water partition coefficient (Wildman–Crippen LogP) is 6.01. The van der Waals surface area contributed by atoms with Gasteiger partial charge in [0.1, 0.15) is 0 Å². The molecular formula is C26H17F2N3OPt. The van der Waals surface area contributed by atoms with Crippen molar-refractivity contribution in [2.75, 3.05) is 0 Å². The summed E-state index contributed by atoms with van der Waals surface area (Å²) in [7, 11) is 0. The van der Waals surface area contributed by atoms with E-state index in [1.54, 1.807) is 36.4 Å². The van der Waals surface area contributed by atoms with Crippen LogP contribution < -0.4 is 4.74 Å². The number of halogens is 2. The summed E-state index contributed by atoms with van der Waals surface area (Å²) < 4.78 is 33.3. The number of pyridine rings is 2. The molecule has 0 atom stereocenters. The number of nitrogens with zero attached hydrogens (tertiary/aromatic N) is 3. The predicted molar refractivity (Wildman–Crippen MR) is 115 cm³/mol. The van der Waals surface area contributed by atoms with E-state index in [4.69, 9.17) is 10.00 Å². The van der Waals surface area contributed by atoms with Gasteiger partial charge in [-0.2, -0.15) is 17.4 Å². The molecule has 0 saturated heterocycles. The fourth-order valence-electron chi connectivity index (χ4n) is 3.20. The van der Waals surface area contributed by atoms with Crippen LogP contribution in [0.5, 0.6) is 11.6 Å². The molecule has 0 bridgehead atoms. The second kappa shape index (κ2) is 10.0. The van der Waals surface area contributed by atoms with Crippen LogP contribution in [-0.4, -0.2) is 9.97 Å². The van der Waals surface area contributed by atoms with Crippen LogP contribution in [0.2, 0.25) is 0 Å². The Morgan fingerprint density at radius 2 is 1.70 bits per heavy atom. The number of aromatic nitrogens is 2. The van der Waals surface area contributed by atoms with Gasteiger partial charge in [0, 0.05) is 34.6 Å². The topological polar surface area (TPSA) is 58.8 Å². The minimum Gasteiger partial charge on any atom is -0.466 e. The third-order valence-electron chi connectivity index (χ3n) is 4.99. The van der Waals surface area contributed by atoms with Gasteiger partial charge in [-0.15, -0.1) is 24.3 Å². The number of hydrogen-bond donors (Lipinski definition) is 0. The van der Waals surface area contributed by atoms with Crippen molar-refractivity contribution in [2.45, 2.75) is 19.3 Å². The van der Waals surface area contributed by atoms with E-state index in [9.17, 15) is 8.78 Å². The van der Waals surface area contributed by atoms with Crippen LogP contribution in [0.25, 0.3) is 11.3 Å². The van der Waals surface area contributed by atoms with Gasteiger partial charge < -0.3 is 9.72 Å². The SMILES string of the molecule is CC(C)(c1cccc(Oc2[c-]ccc(C#N)c2)n1)c1cccc(-c2[c-]cc(F)cc2F)n1.[Pt+2]. The van der Waals surface area contributed by atoms with Crippen molar-refractivity contribution in [3.63, 3.8) is 0 Å². The number of ether oxygens (including phenoxy) is 1. The van der Waals surface area contributed by atoms with Gasteiger partial charge in [0.05, 0.1) is 11.8 Å². The molecule has 4 aromatic rings. The molecule has 0 fully saturated rings. The van der Waals surface area contributed by atoms with E-state index >= 15 is 0 Å². The van der Waals surface area contributed by atoms with Crippen LogP contribution in [0.1, 0.15) is 30.8 Å². The molecule has 4 rings (SSSR count). The fourth-order valence-corrected chi connectivity index (χ4v) is 3.20. The largest absolute Gasteiger partial charge is 2.00 e. The van der Waals surface area contributed by atoms with Crippen molar-refractivity contribution in [1.29, 1.82) is 5.26 Å². The average molecular weight is 621 g/mol. The zero-order valence-corrected chi connectivity index (χ0v) is 19.9. The Hall–Kier alpha value is -3.42. The number of benzene rings is 2. The molecule has 0 saturated carbocycles. The third-order valence-corrected chi connectivity index (χ3v) is 4.99. The van der Waals surface area contributed by atoms with Crippen LogP contribution >= 0.6 is 0 Å². The molecule has 33 heavy (non-hydrogen) atoms. The van der Waals surface area contributed by atoms with E-state index in [1.165, 1.54) is 0 Å². The van der Waals surface area contributed by atoms with Crippen molar-refractivity contribution in [2.24, 2.45) is 0 Å². The molecule has 0 N–H and O–H groups in total. The van der Waals surface area contributed by atoms with Gasteiger partial charge in [0.2, 0.25) is 5.88 Å². The maximum Gasteiger partial charge on any atom is 2.00 e. The Kier molecular flexibility index (Phi) is 7.35. The Balaban J connectivity index is 0.00000306. The first kappa shape index (κ1) is 24.2. The molecule has 2 aromatic carbocycles. The third kappa shape index (κ3) is 5.32. The van der Waals surface area contributed by atoms with E-state index in [0.29, 0.717) is 34.3 Å². The first-order chi connectivity index (χ1) is 15.4. The van der Waals surface area contributed by atoms with E-state index in [0.717, 1.165) is 12.1 Å². The summed E-state index contributed by atoms with van der Waals surface area (Å²) in [4.78, 5) is 9.21. The second-order valence-electron chi connectivity index (χ2n) is 7.59. The van der Waals surface area contributed by atoms with Gasteiger partial charge >= 0.3 is 21.1 Å². The van der Waals surface area contributed by atoms with E-state index in [1.807, 2.05) is 32.0 Å². The van der Waals surface area contributed by atoms with Crippen molar-refractivity contribution >= 4 is 0 Å². The molecule has 0 aliphatic heterocycles. The molecule has 0 aliphatic carbocycles. The van der Waals surface area contributed by atoms with Crippen molar-refractivity contribution in [3.8, 4) is 29.0 Å². The number of rotatable bonds is 5. The molecule has 0 amide bonds. The zero-order valence-electron chi connectivity index (χ0n) is 17.7. The molecule has 4 nitrogen and oxygen atoms in total. The first-order valence-electron chi connectivity index (χ1n) is 9.79. The van der Waals surface area contributed by atoms with Crippen LogP contribution in [0, 0.1) is 35.1 Å². The van der Waals surface area contributed by atoms with Gasteiger partial charge in [-0.3, -0.25) is 8.78 Å². The summed E-state index contributed by atoms with van der Waals surface area (Å²) in [6, 6.07) is 24.9. The first-order valence-corrected chi connectivity index (χ1v) is 9.79. The summed E-state index contributed by atoms with van der Waals surface area (Å²) in [6.45, 7) is 3.89. The van der Waals surface area contributed by atoms with Gasteiger partial charge in [-0.05, 0) is 31.7 Å². The number of nitriles is 1. The molecular weight excluding hydrogens is 603 g/mol. The van der Waals surface area contributed by atoms with Crippen LogP contribution in [-0.2, 0) is 26.5 Å².